The molecule has 1 rings (SSSR count). The van der Waals surface area contributed by atoms with Crippen LogP contribution in [-0.2, 0) is 6.42 Å². The number of rotatable bonds is 2. The zero-order valence-electron chi connectivity index (χ0n) is 9.82. The molecular weight excluding hydrogens is 190 g/mol. The Labute approximate surface area is 91.3 Å². The fraction of sp³-hybridized carbons (Fsp3) is 0.417. The molecule has 3 nitrogen and oxygen atoms in total. The minimum atomic E-state index is -0.868. The van der Waals surface area contributed by atoms with Gasteiger partial charge in [0.15, 0.2) is 0 Å². The van der Waals surface area contributed by atoms with E-state index in [9.17, 15) is 4.79 Å². The summed E-state index contributed by atoms with van der Waals surface area (Å²) in [5, 5.41) is 8.55. The SMILES string of the molecule is CCc1ccc(C(=O)O)cc1.CN(C)C. The minimum Gasteiger partial charge on any atom is -0.478 e. The number of hydrogen-bond acceptors (Lipinski definition) is 2. The van der Waals surface area contributed by atoms with Crippen molar-refractivity contribution in [3.63, 3.8) is 0 Å². The molecular formula is C12H19NO2. The Morgan fingerprint density at radius 2 is 1.60 bits per heavy atom. The number of aryl methyl sites for hydroxylation is 1. The Morgan fingerprint density at radius 3 is 1.87 bits per heavy atom. The summed E-state index contributed by atoms with van der Waals surface area (Å²) >= 11 is 0. The third-order valence-corrected chi connectivity index (χ3v) is 1.61. The summed E-state index contributed by atoms with van der Waals surface area (Å²) in [6.45, 7) is 2.04. The summed E-state index contributed by atoms with van der Waals surface area (Å²) in [5.74, 6) is -0.868. The molecule has 0 saturated carbocycles. The lowest BCUT2D eigenvalue weighted by Crippen LogP contribution is -1.99. The van der Waals surface area contributed by atoms with Gasteiger partial charge in [-0.25, -0.2) is 4.79 Å². The van der Waals surface area contributed by atoms with Crippen molar-refractivity contribution in [1.82, 2.24) is 4.90 Å². The highest BCUT2D eigenvalue weighted by Crippen LogP contribution is 2.04. The molecule has 0 bridgehead atoms. The molecule has 0 aromatic heterocycles. The van der Waals surface area contributed by atoms with Crippen LogP contribution in [0.3, 0.4) is 0 Å². The maximum atomic E-state index is 10.4. The average molecular weight is 209 g/mol. The summed E-state index contributed by atoms with van der Waals surface area (Å²) in [6, 6.07) is 6.93. The number of carbonyl (C=O) groups is 1. The maximum Gasteiger partial charge on any atom is 0.335 e. The van der Waals surface area contributed by atoms with Gasteiger partial charge in [-0.15, -0.1) is 0 Å². The molecule has 3 heteroatoms. The van der Waals surface area contributed by atoms with Crippen molar-refractivity contribution in [2.24, 2.45) is 0 Å². The van der Waals surface area contributed by atoms with Crippen LogP contribution in [0.5, 0.6) is 0 Å². The summed E-state index contributed by atoms with van der Waals surface area (Å²) in [5.41, 5.74) is 1.51. The van der Waals surface area contributed by atoms with Crippen molar-refractivity contribution < 1.29 is 9.90 Å². The van der Waals surface area contributed by atoms with Crippen LogP contribution < -0.4 is 0 Å². The van der Waals surface area contributed by atoms with Gasteiger partial charge in [-0.2, -0.15) is 0 Å². The fourth-order valence-electron chi connectivity index (χ4n) is 0.883. The lowest BCUT2D eigenvalue weighted by molar-refractivity contribution is 0.0697. The number of carboxylic acid groups (broad SMARTS) is 1. The highest BCUT2D eigenvalue weighted by Gasteiger charge is 1.99. The predicted molar refractivity (Wildman–Crippen MR) is 62.4 cm³/mol. The number of aromatic carboxylic acids is 1. The number of hydrogen-bond donors (Lipinski definition) is 1. The molecule has 0 aliphatic carbocycles. The molecule has 1 aromatic carbocycles. The Kier molecular flexibility index (Phi) is 6.38. The lowest BCUT2D eigenvalue weighted by Gasteiger charge is -1.96. The molecule has 1 aromatic rings. The second-order valence-electron chi connectivity index (χ2n) is 3.70. The first-order valence-electron chi connectivity index (χ1n) is 4.90. The smallest absolute Gasteiger partial charge is 0.335 e. The van der Waals surface area contributed by atoms with E-state index in [0.717, 1.165) is 12.0 Å². The topological polar surface area (TPSA) is 40.5 Å². The summed E-state index contributed by atoms with van der Waals surface area (Å²) in [7, 11) is 6.00. The highest BCUT2D eigenvalue weighted by atomic mass is 16.4. The number of carboxylic acids is 1. The fourth-order valence-corrected chi connectivity index (χ4v) is 0.883. The van der Waals surface area contributed by atoms with Gasteiger partial charge < -0.3 is 10.0 Å². The predicted octanol–water partition coefficient (Wildman–Crippen LogP) is 2.12. The summed E-state index contributed by atoms with van der Waals surface area (Å²) in [4.78, 5) is 12.4. The molecule has 0 aliphatic heterocycles. The molecule has 84 valence electrons. The molecule has 0 amide bonds. The van der Waals surface area contributed by atoms with Crippen molar-refractivity contribution >= 4 is 5.97 Å². The molecule has 0 unspecified atom stereocenters. The zero-order chi connectivity index (χ0) is 11.8. The molecule has 0 radical (unpaired) electrons. The third kappa shape index (κ3) is 6.69. The van der Waals surface area contributed by atoms with Crippen LogP contribution in [0.25, 0.3) is 0 Å². The van der Waals surface area contributed by atoms with Crippen LogP contribution in [0.2, 0.25) is 0 Å². The Balaban J connectivity index is 0.000000423. The Hall–Kier alpha value is -1.35. The van der Waals surface area contributed by atoms with Crippen molar-refractivity contribution in [3.8, 4) is 0 Å². The van der Waals surface area contributed by atoms with Crippen LogP contribution in [0.15, 0.2) is 24.3 Å². The van der Waals surface area contributed by atoms with Gasteiger partial charge in [-0.1, -0.05) is 19.1 Å². The normalized spacial score (nSPS) is 9.40. The van der Waals surface area contributed by atoms with E-state index in [0.29, 0.717) is 5.56 Å². The standard InChI is InChI=1S/C9H10O2.C3H9N/c1-2-7-3-5-8(6-4-7)9(10)11;1-4(2)3/h3-6H,2H2,1H3,(H,10,11);1-3H3. The third-order valence-electron chi connectivity index (χ3n) is 1.61. The molecule has 0 heterocycles. The van der Waals surface area contributed by atoms with Crippen LogP contribution in [0.4, 0.5) is 0 Å². The summed E-state index contributed by atoms with van der Waals surface area (Å²) < 4.78 is 0. The first kappa shape index (κ1) is 13.7. The average Bonchev–Trinajstić information content (AvgIpc) is 2.17. The zero-order valence-corrected chi connectivity index (χ0v) is 9.82. The molecule has 0 atom stereocenters. The minimum absolute atomic E-state index is 0.349. The molecule has 0 saturated heterocycles. The number of nitrogens with zero attached hydrogens (tertiary/aromatic N) is 1. The molecule has 15 heavy (non-hydrogen) atoms. The number of benzene rings is 1. The second kappa shape index (κ2) is 7.01. The largest absolute Gasteiger partial charge is 0.478 e. The van der Waals surface area contributed by atoms with E-state index in [-0.39, 0.29) is 0 Å². The van der Waals surface area contributed by atoms with E-state index in [4.69, 9.17) is 5.11 Å². The van der Waals surface area contributed by atoms with Crippen LogP contribution in [0.1, 0.15) is 22.8 Å². The van der Waals surface area contributed by atoms with E-state index in [2.05, 4.69) is 0 Å². The van der Waals surface area contributed by atoms with Gasteiger partial charge in [0.1, 0.15) is 0 Å². The van der Waals surface area contributed by atoms with Crippen molar-refractivity contribution in [3.05, 3.63) is 35.4 Å². The molecule has 0 fully saturated rings. The first-order valence-corrected chi connectivity index (χ1v) is 4.90. The van der Waals surface area contributed by atoms with Crippen LogP contribution in [-0.4, -0.2) is 37.1 Å². The Morgan fingerprint density at radius 1 is 1.20 bits per heavy atom. The van der Waals surface area contributed by atoms with E-state index in [1.807, 2.05) is 45.1 Å². The van der Waals surface area contributed by atoms with Crippen LogP contribution in [0, 0.1) is 0 Å². The van der Waals surface area contributed by atoms with E-state index in [1.165, 1.54) is 0 Å². The van der Waals surface area contributed by atoms with E-state index in [1.54, 1.807) is 12.1 Å². The van der Waals surface area contributed by atoms with Gasteiger partial charge in [0.2, 0.25) is 0 Å². The van der Waals surface area contributed by atoms with Crippen molar-refractivity contribution in [1.29, 1.82) is 0 Å². The molecule has 0 spiro atoms. The van der Waals surface area contributed by atoms with Crippen molar-refractivity contribution in [2.75, 3.05) is 21.1 Å². The van der Waals surface area contributed by atoms with Gasteiger partial charge >= 0.3 is 5.97 Å². The lowest BCUT2D eigenvalue weighted by atomic mass is 10.1. The van der Waals surface area contributed by atoms with Crippen LogP contribution >= 0.6 is 0 Å². The molecule has 1 N–H and O–H groups in total. The Bertz CT molecular complexity index is 288. The van der Waals surface area contributed by atoms with Gasteiger partial charge in [0, 0.05) is 0 Å². The van der Waals surface area contributed by atoms with Crippen molar-refractivity contribution in [2.45, 2.75) is 13.3 Å². The maximum absolute atomic E-state index is 10.4. The van der Waals surface area contributed by atoms with Gasteiger partial charge in [0.05, 0.1) is 5.56 Å². The van der Waals surface area contributed by atoms with Gasteiger partial charge in [0.25, 0.3) is 0 Å². The first-order chi connectivity index (χ1) is 6.97. The van der Waals surface area contributed by atoms with E-state index < -0.39 is 5.97 Å². The summed E-state index contributed by atoms with van der Waals surface area (Å²) in [6.07, 6.45) is 0.944. The van der Waals surface area contributed by atoms with E-state index >= 15 is 0 Å². The highest BCUT2D eigenvalue weighted by molar-refractivity contribution is 5.87. The molecule has 0 aliphatic rings. The van der Waals surface area contributed by atoms with Gasteiger partial charge in [-0.3, -0.25) is 0 Å². The van der Waals surface area contributed by atoms with Gasteiger partial charge in [-0.05, 0) is 45.3 Å². The quantitative estimate of drug-likeness (QED) is 0.811. The second-order valence-corrected chi connectivity index (χ2v) is 3.70. The monoisotopic (exact) mass is 209 g/mol.